The third-order valence-electron chi connectivity index (χ3n) is 4.88. The molecule has 1 aliphatic carbocycles. The lowest BCUT2D eigenvalue weighted by atomic mass is 10.1. The molecule has 2 aromatic carbocycles. The van der Waals surface area contributed by atoms with Crippen molar-refractivity contribution < 1.29 is 9.59 Å². The van der Waals surface area contributed by atoms with Gasteiger partial charge in [0.05, 0.1) is 11.8 Å². The third-order valence-corrected chi connectivity index (χ3v) is 5.29. The van der Waals surface area contributed by atoms with Gasteiger partial charge in [0.1, 0.15) is 0 Å². The summed E-state index contributed by atoms with van der Waals surface area (Å²) in [6.45, 7) is 5.04. The van der Waals surface area contributed by atoms with Crippen molar-refractivity contribution in [3.8, 4) is 0 Å². The normalized spacial score (nSPS) is 18.3. The number of benzene rings is 2. The molecule has 1 saturated carbocycles. The molecule has 0 radical (unpaired) electrons. The largest absolute Gasteiger partial charge is 0.338 e. The lowest BCUT2D eigenvalue weighted by Crippen LogP contribution is -2.33. The second-order valence-corrected chi connectivity index (χ2v) is 7.10. The Labute approximate surface area is 159 Å². The number of hydrogen-bond acceptors (Lipinski definition) is 2. The van der Waals surface area contributed by atoms with Crippen molar-refractivity contribution in [3.63, 3.8) is 0 Å². The molecule has 136 valence electrons. The Morgan fingerprint density at radius 2 is 1.85 bits per heavy atom. The van der Waals surface area contributed by atoms with Crippen LogP contribution in [0.15, 0.2) is 48.5 Å². The van der Waals surface area contributed by atoms with Crippen LogP contribution in [0.2, 0.25) is 5.02 Å². The van der Waals surface area contributed by atoms with Gasteiger partial charge in [-0.15, -0.1) is 0 Å². The number of anilines is 1. The summed E-state index contributed by atoms with van der Waals surface area (Å²) in [5, 5.41) is 3.53. The fraction of sp³-hybridized carbons (Fsp3) is 0.333. The molecule has 0 bridgehead atoms. The van der Waals surface area contributed by atoms with E-state index in [0.717, 1.165) is 11.1 Å². The van der Waals surface area contributed by atoms with Crippen molar-refractivity contribution in [1.82, 2.24) is 4.90 Å². The molecule has 0 aliphatic heterocycles. The van der Waals surface area contributed by atoms with Gasteiger partial charge < -0.3 is 10.2 Å². The molecule has 1 N–H and O–H groups in total. The Kier molecular flexibility index (Phi) is 5.62. The van der Waals surface area contributed by atoms with Crippen LogP contribution in [-0.4, -0.2) is 23.3 Å². The number of carbonyl (C=O) groups excluding carboxylic acids is 2. The van der Waals surface area contributed by atoms with E-state index in [9.17, 15) is 9.59 Å². The molecule has 4 nitrogen and oxygen atoms in total. The predicted octanol–water partition coefficient (Wildman–Crippen LogP) is 4.27. The van der Waals surface area contributed by atoms with Gasteiger partial charge in [-0.2, -0.15) is 0 Å². The van der Waals surface area contributed by atoms with Crippen LogP contribution in [0.4, 0.5) is 5.69 Å². The maximum absolute atomic E-state index is 12.8. The molecule has 26 heavy (non-hydrogen) atoms. The molecule has 2 atom stereocenters. The molecule has 3 rings (SSSR count). The van der Waals surface area contributed by atoms with E-state index in [1.807, 2.05) is 55.1 Å². The first-order valence-corrected chi connectivity index (χ1v) is 9.27. The van der Waals surface area contributed by atoms with E-state index in [-0.39, 0.29) is 23.7 Å². The van der Waals surface area contributed by atoms with Crippen molar-refractivity contribution in [2.45, 2.75) is 26.8 Å². The van der Waals surface area contributed by atoms with E-state index in [1.54, 1.807) is 12.1 Å². The highest BCUT2D eigenvalue weighted by molar-refractivity contribution is 6.31. The van der Waals surface area contributed by atoms with Crippen LogP contribution in [0, 0.1) is 18.8 Å². The second-order valence-electron chi connectivity index (χ2n) is 6.69. The Bertz CT molecular complexity index is 807. The van der Waals surface area contributed by atoms with E-state index in [2.05, 4.69) is 5.32 Å². The topological polar surface area (TPSA) is 49.4 Å². The summed E-state index contributed by atoms with van der Waals surface area (Å²) in [6.07, 6.45) is 0.607. The van der Waals surface area contributed by atoms with Gasteiger partial charge in [0.2, 0.25) is 11.8 Å². The summed E-state index contributed by atoms with van der Waals surface area (Å²) in [6, 6.07) is 15.3. The molecule has 0 spiro atoms. The van der Waals surface area contributed by atoms with E-state index in [4.69, 9.17) is 11.6 Å². The van der Waals surface area contributed by atoms with Crippen molar-refractivity contribution >= 4 is 29.1 Å². The van der Waals surface area contributed by atoms with Gasteiger partial charge >= 0.3 is 0 Å². The molecule has 2 unspecified atom stereocenters. The molecule has 2 amide bonds. The summed E-state index contributed by atoms with van der Waals surface area (Å²) >= 11 is 6.10. The monoisotopic (exact) mass is 370 g/mol. The smallest absolute Gasteiger partial charge is 0.228 e. The van der Waals surface area contributed by atoms with Crippen molar-refractivity contribution in [3.05, 3.63) is 64.7 Å². The second kappa shape index (κ2) is 7.92. The Morgan fingerprint density at radius 1 is 1.12 bits per heavy atom. The van der Waals surface area contributed by atoms with Crippen molar-refractivity contribution in [2.75, 3.05) is 11.9 Å². The SMILES string of the molecule is CCN(Cc1ccccc1)C(=O)C1CC1C(=O)Nc1cccc(Cl)c1C. The molecule has 1 aliphatic rings. The first kappa shape index (κ1) is 18.5. The fourth-order valence-corrected chi connectivity index (χ4v) is 3.28. The zero-order valence-corrected chi connectivity index (χ0v) is 15.8. The molecule has 0 heterocycles. The summed E-state index contributed by atoms with van der Waals surface area (Å²) in [5.74, 6) is -0.535. The first-order valence-electron chi connectivity index (χ1n) is 8.90. The van der Waals surface area contributed by atoms with E-state index in [1.165, 1.54) is 0 Å². The molecular formula is C21H23ClN2O2. The highest BCUT2D eigenvalue weighted by atomic mass is 35.5. The van der Waals surface area contributed by atoms with Gasteiger partial charge in [-0.1, -0.05) is 48.0 Å². The number of carbonyl (C=O) groups is 2. The molecule has 0 saturated heterocycles. The Morgan fingerprint density at radius 3 is 2.54 bits per heavy atom. The summed E-state index contributed by atoms with van der Waals surface area (Å²) in [7, 11) is 0. The van der Waals surface area contributed by atoms with Gasteiger partial charge in [-0.25, -0.2) is 0 Å². The zero-order valence-electron chi connectivity index (χ0n) is 15.0. The van der Waals surface area contributed by atoms with E-state index >= 15 is 0 Å². The minimum atomic E-state index is -0.259. The highest BCUT2D eigenvalue weighted by Crippen LogP contribution is 2.41. The van der Waals surface area contributed by atoms with Crippen LogP contribution in [0.3, 0.4) is 0 Å². The van der Waals surface area contributed by atoms with Crippen LogP contribution in [0.1, 0.15) is 24.5 Å². The zero-order chi connectivity index (χ0) is 18.7. The van der Waals surface area contributed by atoms with Gasteiger partial charge in [0.25, 0.3) is 0 Å². The summed E-state index contributed by atoms with van der Waals surface area (Å²) in [5.41, 5.74) is 2.64. The maximum Gasteiger partial charge on any atom is 0.228 e. The lowest BCUT2D eigenvalue weighted by molar-refractivity contribution is -0.134. The van der Waals surface area contributed by atoms with E-state index in [0.29, 0.717) is 30.2 Å². The molecule has 1 fully saturated rings. The molecule has 2 aromatic rings. The van der Waals surface area contributed by atoms with Gasteiger partial charge in [0.15, 0.2) is 0 Å². The van der Waals surface area contributed by atoms with Crippen LogP contribution in [0.5, 0.6) is 0 Å². The number of nitrogens with one attached hydrogen (secondary N) is 1. The predicted molar refractivity (Wildman–Crippen MR) is 104 cm³/mol. The average molecular weight is 371 g/mol. The standard InChI is InChI=1S/C21H23ClN2O2/c1-3-24(13-15-8-5-4-6-9-15)21(26)17-12-16(17)20(25)23-19-11-7-10-18(22)14(19)2/h4-11,16-17H,3,12-13H2,1-2H3,(H,23,25). The molecule has 5 heteroatoms. The van der Waals surface area contributed by atoms with Crippen molar-refractivity contribution in [2.24, 2.45) is 11.8 Å². The molecule has 0 aromatic heterocycles. The van der Waals surface area contributed by atoms with Gasteiger partial charge in [-0.05, 0) is 43.5 Å². The lowest BCUT2D eigenvalue weighted by Gasteiger charge is -2.21. The number of rotatable bonds is 6. The number of hydrogen-bond donors (Lipinski definition) is 1. The van der Waals surface area contributed by atoms with Gasteiger partial charge in [0, 0.05) is 23.8 Å². The average Bonchev–Trinajstić information content (AvgIpc) is 3.45. The Balaban J connectivity index is 1.60. The summed E-state index contributed by atoms with van der Waals surface area (Å²) < 4.78 is 0. The quantitative estimate of drug-likeness (QED) is 0.825. The number of halogens is 1. The number of nitrogens with zero attached hydrogens (tertiary/aromatic N) is 1. The van der Waals surface area contributed by atoms with Crippen LogP contribution in [0.25, 0.3) is 0 Å². The third kappa shape index (κ3) is 4.07. The number of amides is 2. The van der Waals surface area contributed by atoms with Crippen LogP contribution >= 0.6 is 11.6 Å². The maximum atomic E-state index is 12.8. The molecular weight excluding hydrogens is 348 g/mol. The van der Waals surface area contributed by atoms with Crippen LogP contribution in [-0.2, 0) is 16.1 Å². The van der Waals surface area contributed by atoms with E-state index < -0.39 is 0 Å². The highest BCUT2D eigenvalue weighted by Gasteiger charge is 2.49. The Hall–Kier alpha value is -2.33. The minimum absolute atomic E-state index is 0.0549. The van der Waals surface area contributed by atoms with Crippen molar-refractivity contribution in [1.29, 1.82) is 0 Å². The van der Waals surface area contributed by atoms with Crippen LogP contribution < -0.4 is 5.32 Å². The van der Waals surface area contributed by atoms with Gasteiger partial charge in [-0.3, -0.25) is 9.59 Å². The summed E-state index contributed by atoms with van der Waals surface area (Å²) in [4.78, 5) is 27.1. The first-order chi connectivity index (χ1) is 12.5. The minimum Gasteiger partial charge on any atom is -0.338 e. The fourth-order valence-electron chi connectivity index (χ4n) is 3.11.